The summed E-state index contributed by atoms with van der Waals surface area (Å²) in [6.45, 7) is 3.68. The number of ether oxygens (including phenoxy) is 1. The molecule has 116 valence electrons. The van der Waals surface area contributed by atoms with Crippen molar-refractivity contribution >= 4 is 29.2 Å². The lowest BCUT2D eigenvalue weighted by Crippen LogP contribution is -2.12. The molecule has 2 nitrogen and oxygen atoms in total. The number of hydrogen-bond donors (Lipinski definition) is 0. The molecule has 2 atom stereocenters. The number of halogens is 5. The van der Waals surface area contributed by atoms with E-state index in [0.717, 1.165) is 12.5 Å². The van der Waals surface area contributed by atoms with Crippen molar-refractivity contribution in [2.75, 3.05) is 12.5 Å². The van der Waals surface area contributed by atoms with Crippen molar-refractivity contribution in [3.8, 4) is 0 Å². The van der Waals surface area contributed by atoms with Gasteiger partial charge in [-0.1, -0.05) is 31.5 Å². The lowest BCUT2D eigenvalue weighted by molar-refractivity contribution is -0.146. The molecule has 0 bridgehead atoms. The van der Waals surface area contributed by atoms with Crippen LogP contribution >= 0.6 is 23.2 Å². The van der Waals surface area contributed by atoms with Gasteiger partial charge in [-0.2, -0.15) is 13.2 Å². The Balaban J connectivity index is 2.58. The van der Waals surface area contributed by atoms with Crippen LogP contribution in [-0.4, -0.2) is 24.6 Å². The summed E-state index contributed by atoms with van der Waals surface area (Å²) in [6.07, 6.45) is -2.29. The highest BCUT2D eigenvalue weighted by molar-refractivity contribution is 6.30. The van der Waals surface area contributed by atoms with E-state index in [0.29, 0.717) is 12.3 Å². The number of allylic oxidation sites excluding steroid dienone is 2. The molecule has 1 aliphatic rings. The average Bonchev–Trinajstić information content (AvgIpc) is 2.85. The molecule has 0 N–H and O–H groups in total. The maximum Gasteiger partial charge on any atom is 0.426 e. The first-order valence-corrected chi connectivity index (χ1v) is 7.20. The van der Waals surface area contributed by atoms with Crippen LogP contribution in [0.25, 0.3) is 0 Å². The monoisotopic (exact) mass is 332 g/mol. The van der Waals surface area contributed by atoms with Crippen LogP contribution < -0.4 is 0 Å². The molecule has 0 aromatic carbocycles. The van der Waals surface area contributed by atoms with Crippen molar-refractivity contribution in [3.05, 3.63) is 11.1 Å². The van der Waals surface area contributed by atoms with E-state index in [-0.39, 0.29) is 6.61 Å². The van der Waals surface area contributed by atoms with Crippen LogP contribution in [0.2, 0.25) is 0 Å². The lowest BCUT2D eigenvalue weighted by Gasteiger charge is -2.04. The highest BCUT2D eigenvalue weighted by Gasteiger charge is 2.62. The second-order valence-electron chi connectivity index (χ2n) is 5.40. The first-order chi connectivity index (χ1) is 9.12. The zero-order chi connectivity index (χ0) is 15.6. The van der Waals surface area contributed by atoms with Gasteiger partial charge in [-0.3, -0.25) is 4.79 Å². The van der Waals surface area contributed by atoms with E-state index in [1.807, 2.05) is 0 Å². The Morgan fingerprint density at radius 3 is 2.45 bits per heavy atom. The molecule has 7 heteroatoms. The molecule has 1 fully saturated rings. The molecule has 1 saturated carbocycles. The van der Waals surface area contributed by atoms with Crippen LogP contribution in [0.3, 0.4) is 0 Å². The van der Waals surface area contributed by atoms with E-state index in [9.17, 15) is 18.0 Å². The van der Waals surface area contributed by atoms with Gasteiger partial charge in [0.1, 0.15) is 5.03 Å². The van der Waals surface area contributed by atoms with Gasteiger partial charge in [0.05, 0.1) is 12.5 Å². The van der Waals surface area contributed by atoms with E-state index in [1.165, 1.54) is 0 Å². The third-order valence-corrected chi connectivity index (χ3v) is 4.14. The Kier molecular flexibility index (Phi) is 5.79. The maximum atomic E-state index is 12.4. The Labute approximate surface area is 126 Å². The highest BCUT2D eigenvalue weighted by Crippen LogP contribution is 2.60. The van der Waals surface area contributed by atoms with Gasteiger partial charge in [0.15, 0.2) is 0 Å². The molecule has 20 heavy (non-hydrogen) atoms. The van der Waals surface area contributed by atoms with E-state index in [1.54, 1.807) is 13.8 Å². The fourth-order valence-corrected chi connectivity index (χ4v) is 2.47. The second kappa shape index (κ2) is 6.56. The fraction of sp³-hybridized carbons (Fsp3) is 0.769. The predicted octanol–water partition coefficient (Wildman–Crippen LogP) is 4.51. The summed E-state index contributed by atoms with van der Waals surface area (Å²) in [4.78, 5) is 11.8. The van der Waals surface area contributed by atoms with Gasteiger partial charge in [-0.15, -0.1) is 11.6 Å². The minimum Gasteiger partial charge on any atom is -0.465 e. The smallest absolute Gasteiger partial charge is 0.426 e. The lowest BCUT2D eigenvalue weighted by atomic mass is 10.1. The number of alkyl halides is 4. The summed E-state index contributed by atoms with van der Waals surface area (Å²) < 4.78 is 42.2. The summed E-state index contributed by atoms with van der Waals surface area (Å²) in [7, 11) is 0. The molecule has 1 rings (SSSR count). The van der Waals surface area contributed by atoms with Gasteiger partial charge in [-0.05, 0) is 24.2 Å². The van der Waals surface area contributed by atoms with Crippen molar-refractivity contribution in [1.82, 2.24) is 0 Å². The van der Waals surface area contributed by atoms with Crippen molar-refractivity contribution < 1.29 is 22.7 Å². The number of hydrogen-bond acceptors (Lipinski definition) is 2. The molecule has 0 radical (unpaired) electrons. The third kappa shape index (κ3) is 4.29. The van der Waals surface area contributed by atoms with Crippen LogP contribution in [0.1, 0.15) is 26.7 Å². The molecular formula is C13H17Cl2F3O2. The third-order valence-electron chi connectivity index (χ3n) is 3.53. The largest absolute Gasteiger partial charge is 0.465 e. The van der Waals surface area contributed by atoms with Gasteiger partial charge in [0.25, 0.3) is 0 Å². The highest BCUT2D eigenvalue weighted by atomic mass is 35.5. The zero-order valence-corrected chi connectivity index (χ0v) is 12.8. The Hall–Kier alpha value is -0.420. The molecular weight excluding hydrogens is 316 g/mol. The van der Waals surface area contributed by atoms with Crippen LogP contribution in [0.15, 0.2) is 11.1 Å². The van der Waals surface area contributed by atoms with Crippen molar-refractivity contribution in [2.45, 2.75) is 32.9 Å². The Morgan fingerprint density at radius 1 is 1.35 bits per heavy atom. The average molecular weight is 333 g/mol. The normalized spacial score (nSPS) is 25.4. The molecule has 0 saturated heterocycles. The van der Waals surface area contributed by atoms with E-state index < -0.39 is 34.4 Å². The number of esters is 1. The molecule has 0 aromatic rings. The fourth-order valence-electron chi connectivity index (χ4n) is 2.15. The number of carbonyl (C=O) groups excluding carboxylic acids is 1. The van der Waals surface area contributed by atoms with E-state index >= 15 is 0 Å². The van der Waals surface area contributed by atoms with Crippen LogP contribution in [0, 0.1) is 17.3 Å². The van der Waals surface area contributed by atoms with Crippen molar-refractivity contribution in [3.63, 3.8) is 0 Å². The second-order valence-corrected chi connectivity index (χ2v) is 6.19. The minimum absolute atomic E-state index is 0.238. The summed E-state index contributed by atoms with van der Waals surface area (Å²) in [5.41, 5.74) is -0.561. The molecule has 0 aliphatic heterocycles. The number of carbonyl (C=O) groups is 1. The van der Waals surface area contributed by atoms with Crippen LogP contribution in [-0.2, 0) is 9.53 Å². The Morgan fingerprint density at radius 2 is 1.95 bits per heavy atom. The van der Waals surface area contributed by atoms with Gasteiger partial charge >= 0.3 is 12.1 Å². The van der Waals surface area contributed by atoms with Gasteiger partial charge in [0, 0.05) is 5.88 Å². The quantitative estimate of drug-likeness (QED) is 0.406. The standard InChI is InChI=1S/C13H17Cl2F3O2/c1-12(2)8(7-9(15)13(16,17)18)10(12)11(19)20-6-4-3-5-14/h7-8,10H,3-6H2,1-2H3/b9-7+. The molecule has 2 unspecified atom stereocenters. The zero-order valence-electron chi connectivity index (χ0n) is 11.3. The van der Waals surface area contributed by atoms with Gasteiger partial charge < -0.3 is 4.74 Å². The SMILES string of the molecule is CC1(C)C(/C=C(/Cl)C(F)(F)F)C1C(=O)OCCCCCl. The number of unbranched alkanes of at least 4 members (excludes halogenated alkanes) is 1. The molecule has 0 spiro atoms. The van der Waals surface area contributed by atoms with Crippen molar-refractivity contribution in [1.29, 1.82) is 0 Å². The molecule has 1 aliphatic carbocycles. The molecule has 0 aromatic heterocycles. The Bertz CT molecular complexity index is 392. The number of rotatable bonds is 6. The van der Waals surface area contributed by atoms with E-state index in [2.05, 4.69) is 0 Å². The van der Waals surface area contributed by atoms with Crippen LogP contribution in [0.5, 0.6) is 0 Å². The van der Waals surface area contributed by atoms with Crippen molar-refractivity contribution in [2.24, 2.45) is 17.3 Å². The topological polar surface area (TPSA) is 26.3 Å². The minimum atomic E-state index is -4.57. The molecule has 0 heterocycles. The van der Waals surface area contributed by atoms with Gasteiger partial charge in [0.2, 0.25) is 0 Å². The summed E-state index contributed by atoms with van der Waals surface area (Å²) >= 11 is 10.7. The summed E-state index contributed by atoms with van der Waals surface area (Å²) in [5, 5.41) is -1.19. The summed E-state index contributed by atoms with van der Waals surface area (Å²) in [5.74, 6) is -1.11. The van der Waals surface area contributed by atoms with E-state index in [4.69, 9.17) is 27.9 Å². The first-order valence-electron chi connectivity index (χ1n) is 6.29. The first kappa shape index (κ1) is 17.6. The van der Waals surface area contributed by atoms with Crippen LogP contribution in [0.4, 0.5) is 13.2 Å². The predicted molar refractivity (Wildman–Crippen MR) is 71.7 cm³/mol. The molecule has 0 amide bonds. The maximum absolute atomic E-state index is 12.4. The van der Waals surface area contributed by atoms with Gasteiger partial charge in [-0.25, -0.2) is 0 Å². The summed E-state index contributed by atoms with van der Waals surface area (Å²) in [6, 6.07) is 0.